The predicted octanol–water partition coefficient (Wildman–Crippen LogP) is 3.66. The van der Waals surface area contributed by atoms with Crippen LogP contribution in [-0.2, 0) is 6.42 Å². The first-order valence-electron chi connectivity index (χ1n) is 6.25. The number of nitrogens with zero attached hydrogens (tertiary/aromatic N) is 1. The molecule has 0 aliphatic heterocycles. The number of hydrogen-bond acceptors (Lipinski definition) is 4. The van der Waals surface area contributed by atoms with Crippen LogP contribution in [0.15, 0.2) is 29.6 Å². The molecule has 0 aliphatic carbocycles. The Morgan fingerprint density at radius 2 is 2.21 bits per heavy atom. The molecule has 0 aliphatic rings. The van der Waals surface area contributed by atoms with Gasteiger partial charge < -0.3 is 4.74 Å². The van der Waals surface area contributed by atoms with E-state index in [1.54, 1.807) is 17.4 Å². The fourth-order valence-electron chi connectivity index (χ4n) is 1.77. The Kier molecular flexibility index (Phi) is 4.32. The highest BCUT2D eigenvalue weighted by molar-refractivity contribution is 7.09. The van der Waals surface area contributed by atoms with Gasteiger partial charge in [-0.3, -0.25) is 4.79 Å². The number of benzene rings is 1. The second-order valence-corrected chi connectivity index (χ2v) is 5.71. The first-order valence-corrected chi connectivity index (χ1v) is 7.13. The van der Waals surface area contributed by atoms with E-state index in [-0.39, 0.29) is 11.9 Å². The Morgan fingerprint density at radius 1 is 1.42 bits per heavy atom. The predicted molar refractivity (Wildman–Crippen MR) is 77.1 cm³/mol. The highest BCUT2D eigenvalue weighted by Gasteiger charge is 2.10. The normalized spacial score (nSPS) is 10.7. The number of hydrogen-bond donors (Lipinski definition) is 0. The van der Waals surface area contributed by atoms with Gasteiger partial charge in [0.05, 0.1) is 23.2 Å². The lowest BCUT2D eigenvalue weighted by Crippen LogP contribution is -2.08. The molecular formula is C15H17NO2S. The quantitative estimate of drug-likeness (QED) is 0.782. The van der Waals surface area contributed by atoms with Crippen LogP contribution in [-0.4, -0.2) is 16.9 Å². The summed E-state index contributed by atoms with van der Waals surface area (Å²) in [4.78, 5) is 16.5. The van der Waals surface area contributed by atoms with Crippen molar-refractivity contribution in [2.75, 3.05) is 0 Å². The highest BCUT2D eigenvalue weighted by atomic mass is 32.1. The van der Waals surface area contributed by atoms with E-state index in [4.69, 9.17) is 4.74 Å². The van der Waals surface area contributed by atoms with Crippen LogP contribution in [0.25, 0.3) is 0 Å². The molecule has 0 unspecified atom stereocenters. The Balaban J connectivity index is 2.10. The number of rotatable bonds is 5. The highest BCUT2D eigenvalue weighted by Crippen LogP contribution is 2.17. The first kappa shape index (κ1) is 13.7. The first-order chi connectivity index (χ1) is 9.04. The zero-order chi connectivity index (χ0) is 13.8. The number of carbonyl (C=O) groups is 1. The number of thiazole rings is 1. The molecule has 0 saturated heterocycles. The molecule has 0 saturated carbocycles. The van der Waals surface area contributed by atoms with Crippen molar-refractivity contribution in [3.63, 3.8) is 0 Å². The number of Topliss-reactive ketones (excluding diaryl/α,β-unsaturated/α-hetero) is 1. The van der Waals surface area contributed by atoms with E-state index in [9.17, 15) is 4.79 Å². The van der Waals surface area contributed by atoms with Crippen LogP contribution in [0.5, 0.6) is 5.75 Å². The largest absolute Gasteiger partial charge is 0.491 e. The summed E-state index contributed by atoms with van der Waals surface area (Å²) in [5, 5.41) is 2.92. The lowest BCUT2D eigenvalue weighted by Gasteiger charge is -2.10. The zero-order valence-corrected chi connectivity index (χ0v) is 12.2. The summed E-state index contributed by atoms with van der Waals surface area (Å²) in [5.74, 6) is 0.801. The molecular weight excluding hydrogens is 258 g/mol. The zero-order valence-electron chi connectivity index (χ0n) is 11.3. The van der Waals surface area contributed by atoms with Crippen LogP contribution in [0, 0.1) is 6.92 Å². The molecule has 1 heterocycles. The van der Waals surface area contributed by atoms with Crippen molar-refractivity contribution in [3.8, 4) is 5.75 Å². The summed E-state index contributed by atoms with van der Waals surface area (Å²) in [6.07, 6.45) is 0.446. The van der Waals surface area contributed by atoms with Crippen molar-refractivity contribution in [2.45, 2.75) is 33.3 Å². The summed E-state index contributed by atoms with van der Waals surface area (Å²) in [5.41, 5.74) is 1.51. The molecule has 1 aromatic carbocycles. The van der Waals surface area contributed by atoms with Gasteiger partial charge in [0.1, 0.15) is 5.75 Å². The Bertz CT molecular complexity index is 575. The molecule has 0 bridgehead atoms. The van der Waals surface area contributed by atoms with Crippen molar-refractivity contribution >= 4 is 17.1 Å². The topological polar surface area (TPSA) is 39.2 Å². The smallest absolute Gasteiger partial charge is 0.168 e. The van der Waals surface area contributed by atoms with Gasteiger partial charge in [-0.15, -0.1) is 11.3 Å². The van der Waals surface area contributed by atoms with E-state index in [2.05, 4.69) is 4.98 Å². The maximum absolute atomic E-state index is 12.2. The van der Waals surface area contributed by atoms with E-state index in [1.165, 1.54) is 0 Å². The molecule has 0 amide bonds. The van der Waals surface area contributed by atoms with Gasteiger partial charge in [0.25, 0.3) is 0 Å². The summed E-state index contributed by atoms with van der Waals surface area (Å²) in [6, 6.07) is 7.32. The minimum absolute atomic E-state index is 0.0690. The van der Waals surface area contributed by atoms with Crippen LogP contribution in [0.1, 0.15) is 34.9 Å². The molecule has 3 nitrogen and oxygen atoms in total. The average Bonchev–Trinajstić information content (AvgIpc) is 2.74. The number of ether oxygens (including phenoxy) is 1. The van der Waals surface area contributed by atoms with Crippen molar-refractivity contribution in [2.24, 2.45) is 0 Å². The van der Waals surface area contributed by atoms with Crippen molar-refractivity contribution in [1.29, 1.82) is 0 Å². The van der Waals surface area contributed by atoms with Gasteiger partial charge in [-0.05, 0) is 32.9 Å². The molecule has 0 N–H and O–H groups in total. The summed E-state index contributed by atoms with van der Waals surface area (Å²) < 4.78 is 5.59. The van der Waals surface area contributed by atoms with Crippen molar-refractivity contribution < 1.29 is 9.53 Å². The number of aryl methyl sites for hydroxylation is 1. The lowest BCUT2D eigenvalue weighted by atomic mass is 10.1. The van der Waals surface area contributed by atoms with E-state index >= 15 is 0 Å². The van der Waals surface area contributed by atoms with Crippen LogP contribution in [0.2, 0.25) is 0 Å². The minimum Gasteiger partial charge on any atom is -0.491 e. The van der Waals surface area contributed by atoms with E-state index in [0.717, 1.165) is 16.5 Å². The second kappa shape index (κ2) is 5.97. The van der Waals surface area contributed by atoms with Crippen LogP contribution < -0.4 is 4.74 Å². The Hall–Kier alpha value is -1.68. The minimum atomic E-state index is 0.0690. The van der Waals surface area contributed by atoms with Crippen LogP contribution >= 0.6 is 11.3 Å². The monoisotopic (exact) mass is 275 g/mol. The third-order valence-corrected chi connectivity index (χ3v) is 3.36. The molecule has 4 heteroatoms. The van der Waals surface area contributed by atoms with Gasteiger partial charge in [-0.2, -0.15) is 0 Å². The lowest BCUT2D eigenvalue weighted by molar-refractivity contribution is 0.0991. The average molecular weight is 275 g/mol. The second-order valence-electron chi connectivity index (χ2n) is 4.65. The SMILES string of the molecule is Cc1nc(CC(=O)c2cccc(OC(C)C)c2)cs1. The van der Waals surface area contributed by atoms with Crippen LogP contribution in [0.3, 0.4) is 0 Å². The molecule has 2 rings (SSSR count). The maximum atomic E-state index is 12.2. The van der Waals surface area contributed by atoms with Gasteiger partial charge in [-0.1, -0.05) is 12.1 Å². The number of carbonyl (C=O) groups excluding carboxylic acids is 1. The molecule has 1 aromatic heterocycles. The molecule has 100 valence electrons. The van der Waals surface area contributed by atoms with Gasteiger partial charge in [0.15, 0.2) is 5.78 Å². The third-order valence-electron chi connectivity index (χ3n) is 2.54. The summed E-state index contributed by atoms with van der Waals surface area (Å²) >= 11 is 1.57. The number of ketones is 1. The van der Waals surface area contributed by atoms with Crippen molar-refractivity contribution in [1.82, 2.24) is 4.98 Å². The fourth-order valence-corrected chi connectivity index (χ4v) is 2.38. The van der Waals surface area contributed by atoms with Crippen LogP contribution in [0.4, 0.5) is 0 Å². The third kappa shape index (κ3) is 3.89. The van der Waals surface area contributed by atoms with E-state index in [0.29, 0.717) is 12.0 Å². The fraction of sp³-hybridized carbons (Fsp3) is 0.333. The van der Waals surface area contributed by atoms with E-state index in [1.807, 2.05) is 44.4 Å². The maximum Gasteiger partial charge on any atom is 0.168 e. The standard InChI is InChI=1S/C15H17NO2S/c1-10(2)18-14-6-4-5-12(7-14)15(17)8-13-9-19-11(3)16-13/h4-7,9-10H,8H2,1-3H3. The van der Waals surface area contributed by atoms with Crippen molar-refractivity contribution in [3.05, 3.63) is 45.9 Å². The molecule has 2 aromatic rings. The molecule has 0 fully saturated rings. The summed E-state index contributed by atoms with van der Waals surface area (Å²) in [7, 11) is 0. The van der Waals surface area contributed by atoms with Gasteiger partial charge in [-0.25, -0.2) is 4.98 Å². The Labute approximate surface area is 117 Å². The molecule has 0 spiro atoms. The van der Waals surface area contributed by atoms with Gasteiger partial charge >= 0.3 is 0 Å². The number of aromatic nitrogens is 1. The summed E-state index contributed by atoms with van der Waals surface area (Å²) in [6.45, 7) is 5.87. The van der Waals surface area contributed by atoms with Gasteiger partial charge in [0, 0.05) is 10.9 Å². The Morgan fingerprint density at radius 3 is 2.84 bits per heavy atom. The molecule has 19 heavy (non-hydrogen) atoms. The van der Waals surface area contributed by atoms with Gasteiger partial charge in [0.2, 0.25) is 0 Å². The molecule has 0 radical (unpaired) electrons. The van der Waals surface area contributed by atoms with E-state index < -0.39 is 0 Å². The molecule has 0 atom stereocenters.